The Kier molecular flexibility index (Phi) is 5.61. The third-order valence-electron chi connectivity index (χ3n) is 4.24. The van der Waals surface area contributed by atoms with Crippen molar-refractivity contribution in [1.29, 1.82) is 0 Å². The van der Waals surface area contributed by atoms with Crippen LogP contribution in [-0.4, -0.2) is 60.3 Å². The van der Waals surface area contributed by atoms with Gasteiger partial charge in [-0.15, -0.1) is 0 Å². The molecule has 132 valence electrons. The second-order valence-electron chi connectivity index (χ2n) is 5.61. The Bertz CT molecular complexity index is 710. The Balaban J connectivity index is 2.23. The average Bonchev–Trinajstić information content (AvgIpc) is 3.05. The normalized spacial score (nSPS) is 18.1. The number of carboxylic acid groups (broad SMARTS) is 1. The molecule has 24 heavy (non-hydrogen) atoms. The molecule has 7 nitrogen and oxygen atoms in total. The van der Waals surface area contributed by atoms with E-state index >= 15 is 0 Å². The summed E-state index contributed by atoms with van der Waals surface area (Å²) in [6.45, 7) is 4.66. The Morgan fingerprint density at radius 3 is 2.29 bits per heavy atom. The van der Waals surface area contributed by atoms with E-state index in [4.69, 9.17) is 5.11 Å². The second kappa shape index (κ2) is 7.31. The summed E-state index contributed by atoms with van der Waals surface area (Å²) < 4.78 is 26.2. The van der Waals surface area contributed by atoms with Gasteiger partial charge in [-0.2, -0.15) is 4.31 Å². The van der Waals surface area contributed by atoms with Crippen LogP contribution in [0, 0.1) is 0 Å². The number of carbonyl (C=O) groups is 2. The summed E-state index contributed by atoms with van der Waals surface area (Å²) in [6.07, 6.45) is 1.09. The van der Waals surface area contributed by atoms with Crippen molar-refractivity contribution in [3.8, 4) is 0 Å². The van der Waals surface area contributed by atoms with Crippen LogP contribution in [0.1, 0.15) is 37.0 Å². The van der Waals surface area contributed by atoms with Gasteiger partial charge in [-0.1, -0.05) is 13.8 Å². The summed E-state index contributed by atoms with van der Waals surface area (Å²) in [5.74, 6) is -1.40. The summed E-state index contributed by atoms with van der Waals surface area (Å²) in [5, 5.41) is 9.17. The lowest BCUT2D eigenvalue weighted by molar-refractivity contribution is -0.141. The first-order valence-corrected chi connectivity index (χ1v) is 9.40. The number of carbonyl (C=O) groups excluding carboxylic acids is 1. The van der Waals surface area contributed by atoms with Gasteiger partial charge in [-0.25, -0.2) is 13.2 Å². The molecule has 2 rings (SSSR count). The summed E-state index contributed by atoms with van der Waals surface area (Å²) in [5.41, 5.74) is 0.293. The first-order chi connectivity index (χ1) is 11.3. The molecular weight excluding hydrogens is 332 g/mol. The van der Waals surface area contributed by atoms with Gasteiger partial charge in [-0.05, 0) is 37.1 Å². The molecule has 8 heteroatoms. The van der Waals surface area contributed by atoms with Gasteiger partial charge < -0.3 is 10.0 Å². The van der Waals surface area contributed by atoms with Gasteiger partial charge in [0.2, 0.25) is 10.0 Å². The highest BCUT2D eigenvalue weighted by molar-refractivity contribution is 7.89. The maximum atomic E-state index is 12.5. The summed E-state index contributed by atoms with van der Waals surface area (Å²) in [7, 11) is -3.57. The summed E-state index contributed by atoms with van der Waals surface area (Å²) >= 11 is 0. The van der Waals surface area contributed by atoms with E-state index in [1.807, 2.05) is 0 Å². The molecule has 1 aliphatic rings. The quantitative estimate of drug-likeness (QED) is 0.833. The van der Waals surface area contributed by atoms with Crippen molar-refractivity contribution < 1.29 is 23.1 Å². The van der Waals surface area contributed by atoms with Gasteiger partial charge >= 0.3 is 5.97 Å². The van der Waals surface area contributed by atoms with Gasteiger partial charge in [0.25, 0.3) is 5.91 Å². The van der Waals surface area contributed by atoms with E-state index in [1.54, 1.807) is 13.8 Å². The van der Waals surface area contributed by atoms with Crippen molar-refractivity contribution in [2.24, 2.45) is 0 Å². The monoisotopic (exact) mass is 354 g/mol. The minimum absolute atomic E-state index is 0.124. The van der Waals surface area contributed by atoms with Crippen LogP contribution in [0.25, 0.3) is 0 Å². The Hall–Kier alpha value is -1.93. The lowest BCUT2D eigenvalue weighted by Crippen LogP contribution is -2.40. The van der Waals surface area contributed by atoms with Crippen molar-refractivity contribution in [2.45, 2.75) is 37.6 Å². The van der Waals surface area contributed by atoms with E-state index in [2.05, 4.69) is 0 Å². The molecule has 0 bridgehead atoms. The van der Waals surface area contributed by atoms with Crippen molar-refractivity contribution in [1.82, 2.24) is 9.21 Å². The molecule has 1 atom stereocenters. The molecule has 0 unspecified atom stereocenters. The standard InChI is InChI=1S/C16H22N2O5S/c1-3-17(4-2)24(22,23)13-9-7-12(8-10-13)15(19)18-11-5-6-14(18)16(20)21/h7-10,14H,3-6,11H2,1-2H3,(H,20,21)/t14-/m0/s1. The molecule has 1 heterocycles. The summed E-state index contributed by atoms with van der Waals surface area (Å²) in [4.78, 5) is 25.1. The minimum Gasteiger partial charge on any atom is -0.480 e. The maximum absolute atomic E-state index is 12.5. The average molecular weight is 354 g/mol. The van der Waals surface area contributed by atoms with E-state index < -0.39 is 22.0 Å². The molecule has 1 amide bonds. The predicted octanol–water partition coefficient (Wildman–Crippen LogP) is 1.41. The number of likely N-dealkylation sites (tertiary alicyclic amines) is 1. The van der Waals surface area contributed by atoms with Crippen LogP contribution in [0.4, 0.5) is 0 Å². The summed E-state index contributed by atoms with van der Waals surface area (Å²) in [6, 6.07) is 4.86. The second-order valence-corrected chi connectivity index (χ2v) is 7.55. The molecular formula is C16H22N2O5S. The number of amides is 1. The van der Waals surface area contributed by atoms with Gasteiger partial charge in [0.15, 0.2) is 0 Å². The molecule has 0 spiro atoms. The van der Waals surface area contributed by atoms with Crippen molar-refractivity contribution in [3.05, 3.63) is 29.8 Å². The highest BCUT2D eigenvalue weighted by Crippen LogP contribution is 2.22. The van der Waals surface area contributed by atoms with Crippen LogP contribution in [0.3, 0.4) is 0 Å². The van der Waals surface area contributed by atoms with Gasteiger partial charge in [-0.3, -0.25) is 4.79 Å². The molecule has 1 aliphatic heterocycles. The molecule has 0 saturated carbocycles. The Morgan fingerprint density at radius 1 is 1.21 bits per heavy atom. The van der Waals surface area contributed by atoms with E-state index in [-0.39, 0.29) is 10.8 Å². The van der Waals surface area contributed by atoms with Crippen LogP contribution < -0.4 is 0 Å². The molecule has 0 radical (unpaired) electrons. The third-order valence-corrected chi connectivity index (χ3v) is 6.31. The lowest BCUT2D eigenvalue weighted by Gasteiger charge is -2.22. The lowest BCUT2D eigenvalue weighted by atomic mass is 10.1. The number of carboxylic acids is 1. The van der Waals surface area contributed by atoms with E-state index in [0.717, 1.165) is 0 Å². The van der Waals surface area contributed by atoms with Crippen molar-refractivity contribution in [3.63, 3.8) is 0 Å². The predicted molar refractivity (Wildman–Crippen MR) is 88.2 cm³/mol. The highest BCUT2D eigenvalue weighted by atomic mass is 32.2. The minimum atomic E-state index is -3.57. The van der Waals surface area contributed by atoms with Crippen LogP contribution in [-0.2, 0) is 14.8 Å². The highest BCUT2D eigenvalue weighted by Gasteiger charge is 2.34. The molecule has 0 aromatic heterocycles. The molecule has 1 aromatic carbocycles. The van der Waals surface area contributed by atoms with Crippen LogP contribution >= 0.6 is 0 Å². The van der Waals surface area contributed by atoms with E-state index in [1.165, 1.54) is 33.5 Å². The Labute approximate surface area is 141 Å². The zero-order chi connectivity index (χ0) is 17.9. The maximum Gasteiger partial charge on any atom is 0.326 e. The van der Waals surface area contributed by atoms with Crippen LogP contribution in [0.15, 0.2) is 29.2 Å². The molecule has 1 aromatic rings. The number of hydrogen-bond donors (Lipinski definition) is 1. The zero-order valence-electron chi connectivity index (χ0n) is 13.8. The number of benzene rings is 1. The number of sulfonamides is 1. The number of nitrogens with zero attached hydrogens (tertiary/aromatic N) is 2. The first kappa shape index (κ1) is 18.4. The largest absolute Gasteiger partial charge is 0.480 e. The number of rotatable bonds is 6. The molecule has 1 saturated heterocycles. The van der Waals surface area contributed by atoms with E-state index in [9.17, 15) is 18.0 Å². The molecule has 0 aliphatic carbocycles. The van der Waals surface area contributed by atoms with Gasteiger partial charge in [0.05, 0.1) is 4.90 Å². The third kappa shape index (κ3) is 3.44. The van der Waals surface area contributed by atoms with E-state index in [0.29, 0.717) is 38.0 Å². The van der Waals surface area contributed by atoms with Gasteiger partial charge in [0, 0.05) is 25.2 Å². The number of hydrogen-bond acceptors (Lipinski definition) is 4. The zero-order valence-corrected chi connectivity index (χ0v) is 14.6. The SMILES string of the molecule is CCN(CC)S(=O)(=O)c1ccc(C(=O)N2CCC[C@H]2C(=O)O)cc1. The fraction of sp³-hybridized carbons (Fsp3) is 0.500. The molecule has 1 fully saturated rings. The van der Waals surface area contributed by atoms with Crippen molar-refractivity contribution >= 4 is 21.9 Å². The fourth-order valence-corrected chi connectivity index (χ4v) is 4.37. The number of aliphatic carboxylic acids is 1. The van der Waals surface area contributed by atoms with Crippen molar-refractivity contribution in [2.75, 3.05) is 19.6 Å². The van der Waals surface area contributed by atoms with Crippen LogP contribution in [0.2, 0.25) is 0 Å². The molecule has 1 N–H and O–H groups in total. The Morgan fingerprint density at radius 2 is 1.79 bits per heavy atom. The van der Waals surface area contributed by atoms with Gasteiger partial charge in [0.1, 0.15) is 6.04 Å². The first-order valence-electron chi connectivity index (χ1n) is 7.96. The van der Waals surface area contributed by atoms with Crippen LogP contribution in [0.5, 0.6) is 0 Å². The smallest absolute Gasteiger partial charge is 0.326 e. The fourth-order valence-electron chi connectivity index (χ4n) is 2.91. The topological polar surface area (TPSA) is 95.0 Å².